The second-order valence-corrected chi connectivity index (χ2v) is 6.71. The highest BCUT2D eigenvalue weighted by atomic mass is 16.3. The molecule has 1 amide bonds. The summed E-state index contributed by atoms with van der Waals surface area (Å²) in [5.74, 6) is 0.723. The van der Waals surface area contributed by atoms with E-state index in [1.807, 2.05) is 60.9 Å². The predicted molar refractivity (Wildman–Crippen MR) is 105 cm³/mol. The van der Waals surface area contributed by atoms with Crippen molar-refractivity contribution in [1.29, 1.82) is 0 Å². The van der Waals surface area contributed by atoms with Crippen LogP contribution in [0.5, 0.6) is 0 Å². The summed E-state index contributed by atoms with van der Waals surface area (Å²) in [5, 5.41) is 7.47. The number of hydrogen-bond donors (Lipinski definition) is 1. The van der Waals surface area contributed by atoms with Crippen LogP contribution in [-0.2, 0) is 13.0 Å². The third-order valence-electron chi connectivity index (χ3n) is 4.65. The molecule has 0 aliphatic carbocycles. The molecule has 27 heavy (non-hydrogen) atoms. The summed E-state index contributed by atoms with van der Waals surface area (Å²) in [6, 6.07) is 13.9. The summed E-state index contributed by atoms with van der Waals surface area (Å²) >= 11 is 0. The van der Waals surface area contributed by atoms with Gasteiger partial charge in [-0.3, -0.25) is 14.4 Å². The van der Waals surface area contributed by atoms with Crippen molar-refractivity contribution in [1.82, 2.24) is 20.0 Å². The fraction of sp³-hybridized carbons (Fsp3) is 0.333. The summed E-state index contributed by atoms with van der Waals surface area (Å²) in [6.45, 7) is 3.16. The molecule has 1 unspecified atom stereocenters. The minimum atomic E-state index is -0.107. The van der Waals surface area contributed by atoms with E-state index in [0.29, 0.717) is 18.7 Å². The number of aromatic nitrogens is 2. The van der Waals surface area contributed by atoms with Gasteiger partial charge in [0.2, 0.25) is 0 Å². The van der Waals surface area contributed by atoms with Crippen molar-refractivity contribution in [2.45, 2.75) is 25.9 Å². The van der Waals surface area contributed by atoms with Crippen molar-refractivity contribution in [3.8, 4) is 0 Å². The first-order valence-electron chi connectivity index (χ1n) is 9.16. The molecule has 6 nitrogen and oxygen atoms in total. The molecule has 0 fully saturated rings. The molecule has 0 saturated heterocycles. The average Bonchev–Trinajstić information content (AvgIpc) is 3.32. The highest BCUT2D eigenvalue weighted by Gasteiger charge is 2.21. The lowest BCUT2D eigenvalue weighted by atomic mass is 10.1. The molecule has 0 radical (unpaired) electrons. The molecule has 142 valence electrons. The van der Waals surface area contributed by atoms with Crippen molar-refractivity contribution in [2.24, 2.45) is 0 Å². The van der Waals surface area contributed by atoms with Crippen LogP contribution in [0.4, 0.5) is 0 Å². The number of nitrogens with one attached hydrogen (secondary N) is 1. The van der Waals surface area contributed by atoms with Gasteiger partial charge in [-0.1, -0.05) is 37.3 Å². The van der Waals surface area contributed by atoms with Crippen molar-refractivity contribution < 1.29 is 9.21 Å². The quantitative estimate of drug-likeness (QED) is 0.665. The van der Waals surface area contributed by atoms with Gasteiger partial charge in [-0.05, 0) is 38.2 Å². The SMILES string of the molecule is CCc1c(C(=O)NCC(c2ccco2)N(C)C)cnn1Cc1ccccc1. The predicted octanol–water partition coefficient (Wildman–Crippen LogP) is 3.12. The third kappa shape index (κ3) is 4.46. The Bertz CT molecular complexity index is 854. The van der Waals surface area contributed by atoms with Gasteiger partial charge < -0.3 is 9.73 Å². The molecule has 6 heteroatoms. The first-order chi connectivity index (χ1) is 13.1. The van der Waals surface area contributed by atoms with E-state index >= 15 is 0 Å². The van der Waals surface area contributed by atoms with E-state index in [1.54, 1.807) is 12.5 Å². The molecule has 2 aromatic heterocycles. The number of furan rings is 1. The first kappa shape index (κ1) is 18.9. The van der Waals surface area contributed by atoms with E-state index in [4.69, 9.17) is 4.42 Å². The molecule has 0 aliphatic rings. The van der Waals surface area contributed by atoms with Gasteiger partial charge in [0, 0.05) is 6.54 Å². The molecule has 3 aromatic rings. The number of likely N-dealkylation sites (N-methyl/N-ethyl adjacent to an activating group) is 1. The van der Waals surface area contributed by atoms with E-state index in [0.717, 1.165) is 23.4 Å². The number of nitrogens with zero attached hydrogens (tertiary/aromatic N) is 3. The van der Waals surface area contributed by atoms with Crippen LogP contribution in [0.1, 0.15) is 40.3 Å². The van der Waals surface area contributed by atoms with Crippen LogP contribution in [0.15, 0.2) is 59.3 Å². The van der Waals surface area contributed by atoms with Crippen LogP contribution in [-0.4, -0.2) is 41.2 Å². The summed E-state index contributed by atoms with van der Waals surface area (Å²) in [7, 11) is 3.93. The summed E-state index contributed by atoms with van der Waals surface area (Å²) in [4.78, 5) is 14.8. The molecule has 3 rings (SSSR count). The molecule has 1 N–H and O–H groups in total. The largest absolute Gasteiger partial charge is 0.468 e. The smallest absolute Gasteiger partial charge is 0.254 e. The average molecular weight is 366 g/mol. The van der Waals surface area contributed by atoms with Crippen molar-refractivity contribution in [3.63, 3.8) is 0 Å². The van der Waals surface area contributed by atoms with Gasteiger partial charge in [0.05, 0.1) is 36.3 Å². The topological polar surface area (TPSA) is 63.3 Å². The minimum Gasteiger partial charge on any atom is -0.468 e. The maximum Gasteiger partial charge on any atom is 0.254 e. The second kappa shape index (κ2) is 8.68. The Hall–Kier alpha value is -2.86. The fourth-order valence-electron chi connectivity index (χ4n) is 3.17. The summed E-state index contributed by atoms with van der Waals surface area (Å²) in [6.07, 6.45) is 4.05. The Labute approximate surface area is 159 Å². The molecule has 2 heterocycles. The van der Waals surface area contributed by atoms with Gasteiger partial charge >= 0.3 is 0 Å². The Morgan fingerprint density at radius 2 is 2.00 bits per heavy atom. The van der Waals surface area contributed by atoms with Gasteiger partial charge in [0.15, 0.2) is 0 Å². The van der Waals surface area contributed by atoms with E-state index in [-0.39, 0.29) is 11.9 Å². The number of benzene rings is 1. The molecular weight excluding hydrogens is 340 g/mol. The van der Waals surface area contributed by atoms with E-state index in [9.17, 15) is 4.79 Å². The van der Waals surface area contributed by atoms with Crippen LogP contribution in [0.3, 0.4) is 0 Å². The van der Waals surface area contributed by atoms with E-state index in [1.165, 1.54) is 0 Å². The van der Waals surface area contributed by atoms with Crippen LogP contribution in [0.25, 0.3) is 0 Å². The van der Waals surface area contributed by atoms with Gasteiger partial charge in [-0.25, -0.2) is 0 Å². The zero-order valence-electron chi connectivity index (χ0n) is 16.1. The van der Waals surface area contributed by atoms with Crippen molar-refractivity contribution >= 4 is 5.91 Å². The lowest BCUT2D eigenvalue weighted by Gasteiger charge is -2.22. The lowest BCUT2D eigenvalue weighted by Crippen LogP contribution is -2.34. The van der Waals surface area contributed by atoms with E-state index < -0.39 is 0 Å². The molecule has 0 spiro atoms. The summed E-state index contributed by atoms with van der Waals surface area (Å²) in [5.41, 5.74) is 2.73. The number of amides is 1. The lowest BCUT2D eigenvalue weighted by molar-refractivity contribution is 0.0938. The first-order valence-corrected chi connectivity index (χ1v) is 9.16. The Kier molecular flexibility index (Phi) is 6.08. The van der Waals surface area contributed by atoms with Gasteiger partial charge in [0.25, 0.3) is 5.91 Å². The standard InChI is InChI=1S/C21H26N4O2/c1-4-18-17(13-23-25(18)15-16-9-6-5-7-10-16)21(26)22-14-19(24(2)3)20-11-8-12-27-20/h5-13,19H,4,14-15H2,1-3H3,(H,22,26). The summed E-state index contributed by atoms with van der Waals surface area (Å²) < 4.78 is 7.40. The van der Waals surface area contributed by atoms with Gasteiger partial charge in [0.1, 0.15) is 5.76 Å². The van der Waals surface area contributed by atoms with Gasteiger partial charge in [-0.2, -0.15) is 5.10 Å². The number of rotatable bonds is 8. The molecule has 0 saturated carbocycles. The highest BCUT2D eigenvalue weighted by Crippen LogP contribution is 2.18. The molecule has 0 bridgehead atoms. The fourth-order valence-corrected chi connectivity index (χ4v) is 3.17. The van der Waals surface area contributed by atoms with Crippen LogP contribution in [0.2, 0.25) is 0 Å². The van der Waals surface area contributed by atoms with Crippen LogP contribution < -0.4 is 5.32 Å². The zero-order valence-corrected chi connectivity index (χ0v) is 16.1. The second-order valence-electron chi connectivity index (χ2n) is 6.71. The van der Waals surface area contributed by atoms with Crippen LogP contribution >= 0.6 is 0 Å². The molecule has 1 atom stereocenters. The Morgan fingerprint density at radius 1 is 1.22 bits per heavy atom. The molecular formula is C21H26N4O2. The van der Waals surface area contributed by atoms with Gasteiger partial charge in [-0.15, -0.1) is 0 Å². The highest BCUT2D eigenvalue weighted by molar-refractivity contribution is 5.95. The Balaban J connectivity index is 1.71. The van der Waals surface area contributed by atoms with E-state index in [2.05, 4.69) is 22.5 Å². The molecule has 1 aromatic carbocycles. The monoisotopic (exact) mass is 366 g/mol. The van der Waals surface area contributed by atoms with Crippen LogP contribution in [0, 0.1) is 0 Å². The maximum absolute atomic E-state index is 12.8. The Morgan fingerprint density at radius 3 is 2.63 bits per heavy atom. The minimum absolute atomic E-state index is 0.0200. The molecule has 0 aliphatic heterocycles. The number of carbonyl (C=O) groups is 1. The normalized spacial score (nSPS) is 12.3. The number of carbonyl (C=O) groups excluding carboxylic acids is 1. The zero-order chi connectivity index (χ0) is 19.2. The third-order valence-corrected chi connectivity index (χ3v) is 4.65. The number of hydrogen-bond acceptors (Lipinski definition) is 4. The van der Waals surface area contributed by atoms with Crippen molar-refractivity contribution in [2.75, 3.05) is 20.6 Å². The maximum atomic E-state index is 12.8. The van der Waals surface area contributed by atoms with Crippen molar-refractivity contribution in [3.05, 3.63) is 77.5 Å².